The van der Waals surface area contributed by atoms with Crippen molar-refractivity contribution < 1.29 is 14.3 Å². The van der Waals surface area contributed by atoms with Gasteiger partial charge in [0.25, 0.3) is 5.91 Å². The highest BCUT2D eigenvalue weighted by Crippen LogP contribution is 2.32. The van der Waals surface area contributed by atoms with Crippen LogP contribution in [0.15, 0.2) is 46.9 Å². The van der Waals surface area contributed by atoms with Crippen molar-refractivity contribution in [2.45, 2.75) is 6.92 Å². The summed E-state index contributed by atoms with van der Waals surface area (Å²) in [5, 5.41) is 3.80. The Bertz CT molecular complexity index is 957. The number of nitrogens with zero attached hydrogens (tertiary/aromatic N) is 1. The van der Waals surface area contributed by atoms with Gasteiger partial charge in [0.1, 0.15) is 17.2 Å². The number of benzene rings is 2. The van der Waals surface area contributed by atoms with Crippen molar-refractivity contribution in [2.24, 2.45) is 0 Å². The lowest BCUT2D eigenvalue weighted by Gasteiger charge is -2.13. The van der Waals surface area contributed by atoms with Crippen LogP contribution in [-0.4, -0.2) is 25.1 Å². The van der Waals surface area contributed by atoms with Crippen molar-refractivity contribution in [2.75, 3.05) is 19.5 Å². The number of amides is 1. The topological polar surface area (TPSA) is 60.5 Å². The van der Waals surface area contributed by atoms with Crippen LogP contribution in [0.5, 0.6) is 11.5 Å². The van der Waals surface area contributed by atoms with Gasteiger partial charge in [-0.15, -0.1) is 0 Å². The van der Waals surface area contributed by atoms with Crippen LogP contribution in [0, 0.1) is 6.92 Å². The fraction of sp³-hybridized carbons (Fsp3) is 0.158. The van der Waals surface area contributed by atoms with E-state index in [4.69, 9.17) is 9.47 Å². The van der Waals surface area contributed by atoms with Gasteiger partial charge in [0, 0.05) is 9.86 Å². The summed E-state index contributed by atoms with van der Waals surface area (Å²) in [5.74, 6) is 1.05. The van der Waals surface area contributed by atoms with Gasteiger partial charge in [0.05, 0.1) is 25.4 Å². The normalized spacial score (nSPS) is 10.6. The van der Waals surface area contributed by atoms with Crippen molar-refractivity contribution in [3.8, 4) is 11.5 Å². The number of halogens is 1. The number of methoxy groups -OCH3 is 2. The van der Waals surface area contributed by atoms with E-state index in [1.165, 1.54) is 0 Å². The average Bonchev–Trinajstić information content (AvgIpc) is 2.62. The van der Waals surface area contributed by atoms with Gasteiger partial charge in [0.15, 0.2) is 0 Å². The lowest BCUT2D eigenvalue weighted by Crippen LogP contribution is -2.15. The maximum absolute atomic E-state index is 12.6. The molecule has 0 saturated carbocycles. The first-order valence-corrected chi connectivity index (χ1v) is 8.41. The Morgan fingerprint density at radius 1 is 1.08 bits per heavy atom. The minimum Gasteiger partial charge on any atom is -0.497 e. The zero-order valence-electron chi connectivity index (χ0n) is 14.1. The molecule has 1 aromatic heterocycles. The molecule has 1 amide bonds. The number of rotatable bonds is 4. The molecule has 0 bridgehead atoms. The van der Waals surface area contributed by atoms with E-state index >= 15 is 0 Å². The molecule has 0 aliphatic rings. The van der Waals surface area contributed by atoms with E-state index in [9.17, 15) is 4.79 Å². The number of fused-ring (bicyclic) bond motifs is 1. The predicted molar refractivity (Wildman–Crippen MR) is 102 cm³/mol. The maximum Gasteiger partial charge on any atom is 0.274 e. The molecule has 6 heteroatoms. The molecular formula is C19H17BrN2O3. The summed E-state index contributed by atoms with van der Waals surface area (Å²) in [6, 6.07) is 12.8. The summed E-state index contributed by atoms with van der Waals surface area (Å²) in [5.41, 5.74) is 2.59. The number of aryl methyl sites for hydroxylation is 1. The second kappa shape index (κ2) is 7.11. The van der Waals surface area contributed by atoms with Crippen LogP contribution in [0.1, 0.15) is 16.1 Å². The molecule has 0 aliphatic carbocycles. The summed E-state index contributed by atoms with van der Waals surface area (Å²) in [7, 11) is 3.18. The minimum atomic E-state index is -0.290. The molecule has 1 heterocycles. The Kier molecular flexibility index (Phi) is 4.90. The number of hydrogen-bond donors (Lipinski definition) is 1. The Labute approximate surface area is 154 Å². The summed E-state index contributed by atoms with van der Waals surface area (Å²) in [6.07, 6.45) is 0. The highest BCUT2D eigenvalue weighted by atomic mass is 79.9. The number of ether oxygens (including phenoxy) is 2. The van der Waals surface area contributed by atoms with Crippen molar-refractivity contribution in [1.29, 1.82) is 0 Å². The summed E-state index contributed by atoms with van der Waals surface area (Å²) >= 11 is 3.42. The number of nitrogens with one attached hydrogen (secondary N) is 1. The molecule has 0 radical (unpaired) electrons. The minimum absolute atomic E-state index is 0.290. The number of anilines is 1. The molecule has 0 fully saturated rings. The molecule has 3 aromatic rings. The van der Waals surface area contributed by atoms with Crippen LogP contribution in [0.4, 0.5) is 5.69 Å². The van der Waals surface area contributed by atoms with Crippen molar-refractivity contribution in [1.82, 2.24) is 4.98 Å². The van der Waals surface area contributed by atoms with E-state index < -0.39 is 0 Å². The molecule has 0 atom stereocenters. The fourth-order valence-corrected chi connectivity index (χ4v) is 3.12. The molecule has 2 aromatic carbocycles. The standard InChI is InChI=1S/C19H17BrN2O3/c1-11-8-13(20)10-17(25-3)18(11)22-19(23)16-6-4-12-9-14(24-2)5-7-15(12)21-16/h4-10H,1-3H3,(H,22,23). The zero-order valence-corrected chi connectivity index (χ0v) is 15.7. The molecule has 0 unspecified atom stereocenters. The zero-order chi connectivity index (χ0) is 18.0. The Balaban J connectivity index is 1.93. The molecule has 128 valence electrons. The molecule has 0 saturated heterocycles. The molecule has 5 nitrogen and oxygen atoms in total. The van der Waals surface area contributed by atoms with Crippen LogP contribution in [0.25, 0.3) is 10.9 Å². The summed E-state index contributed by atoms with van der Waals surface area (Å²) in [6.45, 7) is 1.91. The van der Waals surface area contributed by atoms with Crippen molar-refractivity contribution in [3.05, 3.63) is 58.2 Å². The average molecular weight is 401 g/mol. The van der Waals surface area contributed by atoms with Crippen LogP contribution >= 0.6 is 15.9 Å². The maximum atomic E-state index is 12.6. The van der Waals surface area contributed by atoms with E-state index in [0.29, 0.717) is 17.1 Å². The van der Waals surface area contributed by atoms with E-state index in [-0.39, 0.29) is 5.91 Å². The second-order valence-electron chi connectivity index (χ2n) is 5.51. The van der Waals surface area contributed by atoms with Crippen LogP contribution < -0.4 is 14.8 Å². The summed E-state index contributed by atoms with van der Waals surface area (Å²) < 4.78 is 11.4. The quantitative estimate of drug-likeness (QED) is 0.696. The van der Waals surface area contributed by atoms with Gasteiger partial charge < -0.3 is 14.8 Å². The number of aromatic nitrogens is 1. The predicted octanol–water partition coefficient (Wildman–Crippen LogP) is 4.58. The lowest BCUT2D eigenvalue weighted by molar-refractivity contribution is 0.102. The first kappa shape index (κ1) is 17.2. The monoisotopic (exact) mass is 400 g/mol. The van der Waals surface area contributed by atoms with Gasteiger partial charge >= 0.3 is 0 Å². The van der Waals surface area contributed by atoms with Crippen LogP contribution in [0.2, 0.25) is 0 Å². The van der Waals surface area contributed by atoms with E-state index in [0.717, 1.165) is 26.7 Å². The van der Waals surface area contributed by atoms with E-state index in [1.54, 1.807) is 20.3 Å². The third-order valence-electron chi connectivity index (χ3n) is 3.85. The van der Waals surface area contributed by atoms with E-state index in [2.05, 4.69) is 26.2 Å². The Hall–Kier alpha value is -2.60. The molecule has 0 aliphatic heterocycles. The van der Waals surface area contributed by atoms with Gasteiger partial charge in [-0.2, -0.15) is 0 Å². The molecule has 0 spiro atoms. The van der Waals surface area contributed by atoms with Gasteiger partial charge in [-0.05, 0) is 48.9 Å². The molecule has 1 N–H and O–H groups in total. The lowest BCUT2D eigenvalue weighted by atomic mass is 10.1. The first-order valence-electron chi connectivity index (χ1n) is 7.62. The Morgan fingerprint density at radius 2 is 1.88 bits per heavy atom. The molecular weight excluding hydrogens is 384 g/mol. The van der Waals surface area contributed by atoms with Crippen molar-refractivity contribution in [3.63, 3.8) is 0 Å². The Morgan fingerprint density at radius 3 is 2.60 bits per heavy atom. The highest BCUT2D eigenvalue weighted by molar-refractivity contribution is 9.10. The SMILES string of the molecule is COc1ccc2nc(C(=O)Nc3c(C)cc(Br)cc3OC)ccc2c1. The molecule has 3 rings (SSSR count). The fourth-order valence-electron chi connectivity index (χ4n) is 2.57. The van der Waals surface area contributed by atoms with Gasteiger partial charge in [-0.25, -0.2) is 4.98 Å². The van der Waals surface area contributed by atoms with Crippen molar-refractivity contribution >= 4 is 38.4 Å². The third-order valence-corrected chi connectivity index (χ3v) is 4.31. The smallest absolute Gasteiger partial charge is 0.274 e. The van der Waals surface area contributed by atoms with Gasteiger partial charge in [0.2, 0.25) is 0 Å². The number of hydrogen-bond acceptors (Lipinski definition) is 4. The highest BCUT2D eigenvalue weighted by Gasteiger charge is 2.14. The van der Waals surface area contributed by atoms with Crippen LogP contribution in [0.3, 0.4) is 0 Å². The van der Waals surface area contributed by atoms with Crippen LogP contribution in [-0.2, 0) is 0 Å². The van der Waals surface area contributed by atoms with Gasteiger partial charge in [-0.3, -0.25) is 4.79 Å². The van der Waals surface area contributed by atoms with Gasteiger partial charge in [-0.1, -0.05) is 22.0 Å². The third kappa shape index (κ3) is 3.58. The number of carbonyl (C=O) groups excluding carboxylic acids is 1. The summed E-state index contributed by atoms with van der Waals surface area (Å²) in [4.78, 5) is 17.1. The van der Waals surface area contributed by atoms with E-state index in [1.807, 2.05) is 43.3 Å². The second-order valence-corrected chi connectivity index (χ2v) is 6.42. The number of carbonyl (C=O) groups is 1. The largest absolute Gasteiger partial charge is 0.497 e. The first-order chi connectivity index (χ1) is 12.0. The number of pyridine rings is 1. The molecule has 25 heavy (non-hydrogen) atoms.